The average molecular weight is 322 g/mol. The molecule has 0 aliphatic heterocycles. The van der Waals surface area contributed by atoms with Gasteiger partial charge < -0.3 is 0 Å². The third-order valence-electron chi connectivity index (χ3n) is 4.53. The van der Waals surface area contributed by atoms with E-state index in [9.17, 15) is 0 Å². The predicted molar refractivity (Wildman–Crippen MR) is 103 cm³/mol. The number of hydrogen-bond acceptors (Lipinski definition) is 0. The van der Waals surface area contributed by atoms with Crippen LogP contribution in [0.25, 0.3) is 22.3 Å². The van der Waals surface area contributed by atoms with E-state index in [1.165, 1.54) is 30.4 Å². The molecule has 0 radical (unpaired) electrons. The molecule has 0 heterocycles. The average Bonchev–Trinajstić information content (AvgIpc) is 2.68. The van der Waals surface area contributed by atoms with E-state index in [1.54, 1.807) is 0 Å². The zero-order valence-electron chi connectivity index (χ0n) is 15.0. The number of unbranched alkanes of at least 4 members (excludes halogenated alkanes) is 2. The molecule has 0 aliphatic rings. The second-order valence-electron chi connectivity index (χ2n) is 6.20. The van der Waals surface area contributed by atoms with Crippen LogP contribution in [0.15, 0.2) is 36.4 Å². The van der Waals surface area contributed by atoms with Crippen LogP contribution in [0.4, 0.5) is 0 Å². The molecule has 0 aromatic heterocycles. The summed E-state index contributed by atoms with van der Waals surface area (Å²) in [5.41, 5.74) is 6.99. The number of aryl methyl sites for hydroxylation is 1. The number of rotatable bonds is 7. The summed E-state index contributed by atoms with van der Waals surface area (Å²) in [6, 6.07) is 31.2. The van der Waals surface area contributed by atoms with Crippen molar-refractivity contribution in [3.8, 4) is 22.3 Å². The fourth-order valence-electron chi connectivity index (χ4n) is 3.25. The van der Waals surface area contributed by atoms with Gasteiger partial charge in [0.15, 0.2) is 0 Å². The Labute approximate surface area is 152 Å². The highest BCUT2D eigenvalue weighted by Gasteiger charge is 2.13. The predicted octanol–water partition coefficient (Wildman–Crippen LogP) is 6.12. The Morgan fingerprint density at radius 2 is 1.68 bits per heavy atom. The lowest BCUT2D eigenvalue weighted by atomic mass is 9.90. The molecule has 0 spiro atoms. The van der Waals surface area contributed by atoms with Crippen molar-refractivity contribution in [1.29, 1.82) is 0 Å². The molecule has 0 unspecified atom stereocenters. The molecular weight excluding hydrogens is 300 g/mol. The Kier molecular flexibility index (Phi) is 5.62. The standard InChI is InChI=1S/C25H22/c1-3-5-7-13-20-16-12-19-24(22(20)4-2)25-18-11-10-17-23(25)21-14-8-6-9-15-21/h6,8,10,14,16-17H,3-5,7,13H2,1-2H3. The van der Waals surface area contributed by atoms with E-state index in [-0.39, 0.29) is 0 Å². The highest BCUT2D eigenvalue weighted by Crippen LogP contribution is 2.32. The summed E-state index contributed by atoms with van der Waals surface area (Å²) in [5, 5.41) is 0. The maximum absolute atomic E-state index is 3.34. The molecular formula is C25H22. The smallest absolute Gasteiger partial charge is 0.0493 e. The minimum Gasteiger partial charge on any atom is -0.0696 e. The first-order chi connectivity index (χ1) is 12.3. The van der Waals surface area contributed by atoms with E-state index in [4.69, 9.17) is 0 Å². The van der Waals surface area contributed by atoms with Gasteiger partial charge in [0.1, 0.15) is 0 Å². The molecule has 0 aliphatic carbocycles. The highest BCUT2D eigenvalue weighted by molar-refractivity contribution is 5.82. The summed E-state index contributed by atoms with van der Waals surface area (Å²) in [4.78, 5) is 0. The van der Waals surface area contributed by atoms with E-state index in [1.807, 2.05) is 18.2 Å². The maximum atomic E-state index is 3.34. The lowest BCUT2D eigenvalue weighted by molar-refractivity contribution is 0.714. The molecule has 122 valence electrons. The van der Waals surface area contributed by atoms with E-state index in [2.05, 4.69) is 68.4 Å². The van der Waals surface area contributed by atoms with Gasteiger partial charge in [0.05, 0.1) is 0 Å². The molecule has 3 aromatic carbocycles. The molecule has 0 nitrogen and oxygen atoms in total. The van der Waals surface area contributed by atoms with Crippen molar-refractivity contribution in [3.05, 3.63) is 83.9 Å². The Bertz CT molecular complexity index is 799. The van der Waals surface area contributed by atoms with Crippen LogP contribution in [0.2, 0.25) is 0 Å². The Morgan fingerprint density at radius 3 is 2.44 bits per heavy atom. The van der Waals surface area contributed by atoms with Gasteiger partial charge in [0, 0.05) is 22.3 Å². The minimum absolute atomic E-state index is 0.981. The van der Waals surface area contributed by atoms with Crippen molar-refractivity contribution in [2.45, 2.75) is 46.0 Å². The summed E-state index contributed by atoms with van der Waals surface area (Å²) >= 11 is 0. The SMILES string of the molecule is CCCCCc1cc#cc(-c2c#cccc2-c2c#cccc2)c1CC. The first-order valence-electron chi connectivity index (χ1n) is 9.10. The van der Waals surface area contributed by atoms with Crippen molar-refractivity contribution in [2.75, 3.05) is 0 Å². The first kappa shape index (κ1) is 17.0. The van der Waals surface area contributed by atoms with Gasteiger partial charge in [-0.05, 0) is 60.7 Å². The van der Waals surface area contributed by atoms with Gasteiger partial charge in [-0.2, -0.15) is 0 Å². The summed E-state index contributed by atoms with van der Waals surface area (Å²) in [5.74, 6) is 0. The van der Waals surface area contributed by atoms with Gasteiger partial charge in [-0.25, -0.2) is 0 Å². The zero-order valence-corrected chi connectivity index (χ0v) is 15.0. The minimum atomic E-state index is 0.981. The van der Waals surface area contributed by atoms with Crippen LogP contribution in [0.5, 0.6) is 0 Å². The summed E-state index contributed by atoms with van der Waals surface area (Å²) in [6.45, 7) is 4.45. The molecule has 0 bridgehead atoms. The van der Waals surface area contributed by atoms with Crippen LogP contribution in [-0.2, 0) is 12.8 Å². The van der Waals surface area contributed by atoms with Crippen LogP contribution >= 0.6 is 0 Å². The normalized spacial score (nSPS) is 9.84. The Balaban J connectivity index is 2.07. The van der Waals surface area contributed by atoms with E-state index >= 15 is 0 Å². The van der Waals surface area contributed by atoms with Crippen LogP contribution in [0, 0.1) is 36.4 Å². The van der Waals surface area contributed by atoms with Crippen molar-refractivity contribution in [3.63, 3.8) is 0 Å². The van der Waals surface area contributed by atoms with Gasteiger partial charge >= 0.3 is 0 Å². The number of hydrogen-bond donors (Lipinski definition) is 0. The topological polar surface area (TPSA) is 0 Å². The lowest BCUT2D eigenvalue weighted by Crippen LogP contribution is -1.96. The van der Waals surface area contributed by atoms with E-state index in [0.29, 0.717) is 0 Å². The second-order valence-corrected chi connectivity index (χ2v) is 6.20. The molecule has 25 heavy (non-hydrogen) atoms. The van der Waals surface area contributed by atoms with Gasteiger partial charge in [-0.3, -0.25) is 0 Å². The summed E-state index contributed by atoms with van der Waals surface area (Å²) in [6.07, 6.45) is 5.81. The van der Waals surface area contributed by atoms with Gasteiger partial charge in [-0.1, -0.05) is 69.2 Å². The van der Waals surface area contributed by atoms with E-state index < -0.39 is 0 Å². The van der Waals surface area contributed by atoms with Crippen LogP contribution in [0.1, 0.15) is 44.2 Å². The maximum Gasteiger partial charge on any atom is 0.0493 e. The van der Waals surface area contributed by atoms with Crippen molar-refractivity contribution in [1.82, 2.24) is 0 Å². The van der Waals surface area contributed by atoms with Gasteiger partial charge in [-0.15, -0.1) is 0 Å². The lowest BCUT2D eigenvalue weighted by Gasteiger charge is -2.12. The molecule has 0 saturated carbocycles. The molecule has 3 aromatic rings. The fraction of sp³-hybridized carbons (Fsp3) is 0.280. The first-order valence-corrected chi connectivity index (χ1v) is 9.10. The van der Waals surface area contributed by atoms with Crippen LogP contribution in [0.3, 0.4) is 0 Å². The largest absolute Gasteiger partial charge is 0.0696 e. The van der Waals surface area contributed by atoms with Crippen LogP contribution in [-0.4, -0.2) is 0 Å². The third kappa shape index (κ3) is 3.79. The summed E-state index contributed by atoms with van der Waals surface area (Å²) < 4.78 is 0. The quantitative estimate of drug-likeness (QED) is 0.460. The van der Waals surface area contributed by atoms with Gasteiger partial charge in [0.25, 0.3) is 0 Å². The molecule has 0 fully saturated rings. The fourth-order valence-corrected chi connectivity index (χ4v) is 3.25. The molecule has 0 saturated heterocycles. The van der Waals surface area contributed by atoms with E-state index in [0.717, 1.165) is 35.1 Å². The van der Waals surface area contributed by atoms with Crippen molar-refractivity contribution >= 4 is 0 Å². The molecule has 0 heteroatoms. The van der Waals surface area contributed by atoms with Crippen molar-refractivity contribution in [2.24, 2.45) is 0 Å². The molecule has 0 amide bonds. The molecule has 0 N–H and O–H groups in total. The van der Waals surface area contributed by atoms with Gasteiger partial charge in [0.2, 0.25) is 0 Å². The second kappa shape index (κ2) is 8.29. The zero-order chi connectivity index (χ0) is 17.5. The molecule has 3 rings (SSSR count). The summed E-state index contributed by atoms with van der Waals surface area (Å²) in [7, 11) is 0. The van der Waals surface area contributed by atoms with Crippen LogP contribution < -0.4 is 0 Å². The third-order valence-corrected chi connectivity index (χ3v) is 4.53. The Hall–Kier alpha value is -2.88. The highest BCUT2D eigenvalue weighted by atomic mass is 14.1. The monoisotopic (exact) mass is 322 g/mol. The Morgan fingerprint density at radius 1 is 0.840 bits per heavy atom. The van der Waals surface area contributed by atoms with Crippen molar-refractivity contribution < 1.29 is 0 Å². The molecule has 0 atom stereocenters.